The fourth-order valence-electron chi connectivity index (χ4n) is 2.78. The number of ether oxygens (including phenoxy) is 1. The molecule has 1 aliphatic rings. The number of carbonyl (C=O) groups is 1. The quantitative estimate of drug-likeness (QED) is 0.630. The number of Topliss-reactive ketones (excluding diaryl/α,β-unsaturated/α-hetero) is 1. The minimum atomic E-state index is -0.248. The summed E-state index contributed by atoms with van der Waals surface area (Å²) in [4.78, 5) is 12.5. The van der Waals surface area contributed by atoms with Crippen molar-refractivity contribution in [2.75, 3.05) is 18.4 Å². The van der Waals surface area contributed by atoms with Crippen LogP contribution in [0.15, 0.2) is 61.2 Å². The van der Waals surface area contributed by atoms with Gasteiger partial charge in [0.05, 0.1) is 18.3 Å². The van der Waals surface area contributed by atoms with Crippen LogP contribution in [0.5, 0.6) is 5.75 Å². The van der Waals surface area contributed by atoms with Gasteiger partial charge in [0.25, 0.3) is 0 Å². The summed E-state index contributed by atoms with van der Waals surface area (Å²) in [6.07, 6.45) is 1.73. The Hall–Kier alpha value is -2.59. The Labute approximate surface area is 142 Å². The summed E-state index contributed by atoms with van der Waals surface area (Å²) in [5.41, 5.74) is 2.68. The molecule has 3 rings (SSSR count). The molecular weight excluding hydrogens is 300 g/mol. The van der Waals surface area contributed by atoms with Crippen LogP contribution >= 0.6 is 0 Å². The van der Waals surface area contributed by atoms with Crippen molar-refractivity contribution < 1.29 is 9.53 Å². The van der Waals surface area contributed by atoms with Crippen molar-refractivity contribution in [1.82, 2.24) is 5.32 Å². The van der Waals surface area contributed by atoms with E-state index in [2.05, 4.69) is 29.3 Å². The average Bonchev–Trinajstić information content (AvgIpc) is 2.65. The van der Waals surface area contributed by atoms with Gasteiger partial charge in [0.15, 0.2) is 5.78 Å². The van der Waals surface area contributed by atoms with Crippen molar-refractivity contribution in [2.45, 2.75) is 19.1 Å². The number of hydrogen-bond donors (Lipinski definition) is 2. The first-order valence-electron chi connectivity index (χ1n) is 8.17. The zero-order valence-electron chi connectivity index (χ0n) is 13.8. The first kappa shape index (κ1) is 16.3. The summed E-state index contributed by atoms with van der Waals surface area (Å²) in [5, 5.41) is 6.49. The summed E-state index contributed by atoms with van der Waals surface area (Å²) in [6.45, 7) is 6.80. The molecule has 0 aliphatic carbocycles. The predicted molar refractivity (Wildman–Crippen MR) is 96.7 cm³/mol. The van der Waals surface area contributed by atoms with Gasteiger partial charge in [-0.1, -0.05) is 36.4 Å². The van der Waals surface area contributed by atoms with Gasteiger partial charge in [0.2, 0.25) is 0 Å². The standard InChI is InChI=1S/C20H22N2O2/c1-3-11-21-14(2)20(23)16-9-10-18-17(12-16)22-13-19(24-18)15-7-5-4-6-8-15/h3-10,12,14,19,21-22H,1,11,13H2,2H3. The molecule has 0 spiro atoms. The first-order chi connectivity index (χ1) is 11.7. The molecular formula is C20H22N2O2. The van der Waals surface area contributed by atoms with E-state index in [1.54, 1.807) is 6.08 Å². The number of rotatable bonds is 6. The maximum absolute atomic E-state index is 12.5. The highest BCUT2D eigenvalue weighted by Crippen LogP contribution is 2.35. The molecule has 0 bridgehead atoms. The Morgan fingerprint density at radius 1 is 1.38 bits per heavy atom. The van der Waals surface area contributed by atoms with E-state index in [0.29, 0.717) is 18.7 Å². The Bertz CT molecular complexity index is 728. The van der Waals surface area contributed by atoms with E-state index in [9.17, 15) is 4.79 Å². The van der Waals surface area contributed by atoms with E-state index in [4.69, 9.17) is 4.74 Å². The maximum Gasteiger partial charge on any atom is 0.179 e. The number of anilines is 1. The highest BCUT2D eigenvalue weighted by atomic mass is 16.5. The molecule has 24 heavy (non-hydrogen) atoms. The smallest absolute Gasteiger partial charge is 0.179 e. The lowest BCUT2D eigenvalue weighted by Gasteiger charge is -2.28. The molecule has 2 atom stereocenters. The highest BCUT2D eigenvalue weighted by Gasteiger charge is 2.22. The number of benzene rings is 2. The molecule has 4 heteroatoms. The number of hydrogen-bond acceptors (Lipinski definition) is 4. The van der Waals surface area contributed by atoms with E-state index in [-0.39, 0.29) is 17.9 Å². The molecule has 2 unspecified atom stereocenters. The van der Waals surface area contributed by atoms with Crippen LogP contribution in [0.3, 0.4) is 0 Å². The Balaban J connectivity index is 1.74. The van der Waals surface area contributed by atoms with Crippen molar-refractivity contribution >= 4 is 11.5 Å². The maximum atomic E-state index is 12.5. The minimum absolute atomic E-state index is 0.0200. The third kappa shape index (κ3) is 3.49. The lowest BCUT2D eigenvalue weighted by atomic mass is 10.0. The van der Waals surface area contributed by atoms with E-state index in [1.165, 1.54) is 0 Å². The summed E-state index contributed by atoms with van der Waals surface area (Å²) in [5.74, 6) is 0.838. The van der Waals surface area contributed by atoms with Gasteiger partial charge >= 0.3 is 0 Å². The van der Waals surface area contributed by atoms with Gasteiger partial charge in [-0.25, -0.2) is 0 Å². The molecule has 0 aromatic heterocycles. The highest BCUT2D eigenvalue weighted by molar-refractivity contribution is 6.01. The lowest BCUT2D eigenvalue weighted by Crippen LogP contribution is -2.34. The molecule has 0 fully saturated rings. The number of nitrogens with one attached hydrogen (secondary N) is 2. The third-order valence-corrected chi connectivity index (χ3v) is 4.14. The second-order valence-corrected chi connectivity index (χ2v) is 5.89. The van der Waals surface area contributed by atoms with Crippen LogP contribution in [-0.4, -0.2) is 24.9 Å². The molecule has 0 radical (unpaired) electrons. The van der Waals surface area contributed by atoms with Crippen LogP contribution in [-0.2, 0) is 0 Å². The Kier molecular flexibility index (Phi) is 4.96. The van der Waals surface area contributed by atoms with Crippen molar-refractivity contribution in [2.24, 2.45) is 0 Å². The zero-order chi connectivity index (χ0) is 16.9. The van der Waals surface area contributed by atoms with Crippen molar-refractivity contribution in [3.8, 4) is 5.75 Å². The van der Waals surface area contributed by atoms with Gasteiger partial charge in [-0.2, -0.15) is 0 Å². The molecule has 4 nitrogen and oxygen atoms in total. The molecule has 1 heterocycles. The summed E-state index contributed by atoms with van der Waals surface area (Å²) in [7, 11) is 0. The molecule has 2 aromatic rings. The van der Waals surface area contributed by atoms with Gasteiger partial charge in [0.1, 0.15) is 11.9 Å². The van der Waals surface area contributed by atoms with Crippen LogP contribution in [0.25, 0.3) is 0 Å². The predicted octanol–water partition coefficient (Wildman–Crippen LogP) is 3.58. The van der Waals surface area contributed by atoms with Crippen molar-refractivity contribution in [3.05, 3.63) is 72.3 Å². The fourth-order valence-corrected chi connectivity index (χ4v) is 2.78. The first-order valence-corrected chi connectivity index (χ1v) is 8.17. The molecule has 0 saturated carbocycles. The third-order valence-electron chi connectivity index (χ3n) is 4.14. The van der Waals surface area contributed by atoms with Gasteiger partial charge in [0, 0.05) is 12.1 Å². The van der Waals surface area contributed by atoms with Gasteiger partial charge in [-0.15, -0.1) is 6.58 Å². The Morgan fingerprint density at radius 3 is 2.92 bits per heavy atom. The Morgan fingerprint density at radius 2 is 2.17 bits per heavy atom. The minimum Gasteiger partial charge on any atom is -0.482 e. The molecule has 2 N–H and O–H groups in total. The second-order valence-electron chi connectivity index (χ2n) is 5.89. The SMILES string of the molecule is C=CCNC(C)C(=O)c1ccc2c(c1)NCC(c1ccccc1)O2. The van der Waals surface area contributed by atoms with E-state index < -0.39 is 0 Å². The number of ketones is 1. The van der Waals surface area contributed by atoms with Gasteiger partial charge < -0.3 is 15.4 Å². The number of carbonyl (C=O) groups excluding carboxylic acids is 1. The molecule has 124 valence electrons. The molecule has 1 aliphatic heterocycles. The van der Waals surface area contributed by atoms with Crippen molar-refractivity contribution in [1.29, 1.82) is 0 Å². The summed E-state index contributed by atoms with van der Waals surface area (Å²) >= 11 is 0. The second kappa shape index (κ2) is 7.32. The van der Waals surface area contributed by atoms with E-state index in [0.717, 1.165) is 17.0 Å². The molecule has 0 amide bonds. The normalized spacial score (nSPS) is 17.1. The van der Waals surface area contributed by atoms with Crippen LogP contribution < -0.4 is 15.4 Å². The largest absolute Gasteiger partial charge is 0.482 e. The van der Waals surface area contributed by atoms with Crippen LogP contribution in [0.4, 0.5) is 5.69 Å². The van der Waals surface area contributed by atoms with E-state index >= 15 is 0 Å². The fraction of sp³-hybridized carbons (Fsp3) is 0.250. The topological polar surface area (TPSA) is 50.4 Å². The van der Waals surface area contributed by atoms with Gasteiger partial charge in [-0.3, -0.25) is 4.79 Å². The summed E-state index contributed by atoms with van der Waals surface area (Å²) < 4.78 is 6.08. The molecule has 2 aromatic carbocycles. The van der Waals surface area contributed by atoms with Crippen molar-refractivity contribution in [3.63, 3.8) is 0 Å². The average molecular weight is 322 g/mol. The zero-order valence-corrected chi connectivity index (χ0v) is 13.8. The van der Waals surface area contributed by atoms with Crippen LogP contribution in [0.2, 0.25) is 0 Å². The number of fused-ring (bicyclic) bond motifs is 1. The van der Waals surface area contributed by atoms with Crippen LogP contribution in [0.1, 0.15) is 28.9 Å². The monoisotopic (exact) mass is 322 g/mol. The summed E-state index contributed by atoms with van der Waals surface area (Å²) in [6, 6.07) is 15.4. The van der Waals surface area contributed by atoms with E-state index in [1.807, 2.05) is 43.3 Å². The van der Waals surface area contributed by atoms with Gasteiger partial charge in [-0.05, 0) is 30.7 Å². The van der Waals surface area contributed by atoms with Crippen LogP contribution in [0, 0.1) is 0 Å². The molecule has 0 saturated heterocycles. The lowest BCUT2D eigenvalue weighted by molar-refractivity contribution is 0.0953.